The predicted molar refractivity (Wildman–Crippen MR) is 96.4 cm³/mol. The molecule has 3 rings (SSSR count). The Morgan fingerprint density at radius 2 is 1.67 bits per heavy atom. The third-order valence-electron chi connectivity index (χ3n) is 3.60. The third kappa shape index (κ3) is 4.16. The Morgan fingerprint density at radius 3 is 2.21 bits per heavy atom. The van der Waals surface area contributed by atoms with Crippen LogP contribution >= 0.6 is 22.9 Å². The van der Waals surface area contributed by atoms with Crippen molar-refractivity contribution < 1.29 is 14.6 Å². The van der Waals surface area contributed by atoms with Gasteiger partial charge in [0.05, 0.1) is 5.92 Å². The Labute approximate surface area is 149 Å². The fourth-order valence-corrected chi connectivity index (χ4v) is 3.31. The monoisotopic (exact) mass is 358 g/mol. The zero-order valence-electron chi connectivity index (χ0n) is 12.7. The number of aliphatic carboxylic acids is 1. The lowest BCUT2D eigenvalue weighted by Gasteiger charge is -2.11. The van der Waals surface area contributed by atoms with Gasteiger partial charge in [-0.25, -0.2) is 0 Å². The minimum atomic E-state index is -0.807. The van der Waals surface area contributed by atoms with Gasteiger partial charge in [-0.05, 0) is 59.8 Å². The van der Waals surface area contributed by atoms with E-state index in [1.807, 2.05) is 41.8 Å². The summed E-state index contributed by atoms with van der Waals surface area (Å²) in [5.74, 6) is 0.0743. The van der Waals surface area contributed by atoms with Crippen LogP contribution in [0, 0.1) is 0 Å². The van der Waals surface area contributed by atoms with E-state index in [1.165, 1.54) is 11.3 Å². The van der Waals surface area contributed by atoms with Crippen LogP contribution in [0.5, 0.6) is 11.5 Å². The maximum Gasteiger partial charge on any atom is 0.312 e. The summed E-state index contributed by atoms with van der Waals surface area (Å²) in [6.07, 6.45) is 0.455. The molecule has 1 atom stereocenters. The van der Waals surface area contributed by atoms with Gasteiger partial charge in [0.2, 0.25) is 0 Å². The molecule has 3 nitrogen and oxygen atoms in total. The zero-order valence-corrected chi connectivity index (χ0v) is 14.3. The number of carboxylic acid groups (broad SMARTS) is 1. The number of ether oxygens (including phenoxy) is 1. The number of carboxylic acids is 1. The fourth-order valence-electron chi connectivity index (χ4n) is 2.37. The summed E-state index contributed by atoms with van der Waals surface area (Å²) in [7, 11) is 0. The molecule has 0 saturated carbocycles. The Hall–Kier alpha value is -2.30. The first-order chi connectivity index (χ1) is 11.6. The number of halogens is 1. The van der Waals surface area contributed by atoms with Gasteiger partial charge in [-0.2, -0.15) is 0 Å². The normalized spacial score (nSPS) is 11.9. The molecule has 24 heavy (non-hydrogen) atoms. The third-order valence-corrected chi connectivity index (χ3v) is 4.84. The van der Waals surface area contributed by atoms with Crippen LogP contribution < -0.4 is 4.74 Å². The highest BCUT2D eigenvalue weighted by atomic mass is 35.5. The molecule has 1 aromatic heterocycles. The Balaban J connectivity index is 1.69. The molecule has 0 aliphatic rings. The van der Waals surface area contributed by atoms with E-state index in [2.05, 4.69) is 0 Å². The van der Waals surface area contributed by atoms with Crippen LogP contribution in [0.1, 0.15) is 16.4 Å². The van der Waals surface area contributed by atoms with Crippen LogP contribution in [0.15, 0.2) is 66.0 Å². The molecule has 0 spiro atoms. The van der Waals surface area contributed by atoms with Crippen molar-refractivity contribution in [2.24, 2.45) is 0 Å². The largest absolute Gasteiger partial charge is 0.481 e. The summed E-state index contributed by atoms with van der Waals surface area (Å²) in [4.78, 5) is 12.4. The van der Waals surface area contributed by atoms with Gasteiger partial charge in [-0.15, -0.1) is 11.3 Å². The van der Waals surface area contributed by atoms with Crippen molar-refractivity contribution in [1.29, 1.82) is 0 Å². The van der Waals surface area contributed by atoms with Gasteiger partial charge in [0, 0.05) is 9.90 Å². The van der Waals surface area contributed by atoms with Crippen LogP contribution in [0.25, 0.3) is 0 Å². The molecule has 1 N–H and O–H groups in total. The van der Waals surface area contributed by atoms with Gasteiger partial charge in [-0.1, -0.05) is 29.8 Å². The van der Waals surface area contributed by atoms with Crippen LogP contribution in [0.3, 0.4) is 0 Å². The first kappa shape index (κ1) is 16.6. The second-order valence-corrected chi connectivity index (χ2v) is 6.73. The van der Waals surface area contributed by atoms with E-state index in [0.29, 0.717) is 22.9 Å². The second kappa shape index (κ2) is 7.51. The molecule has 0 aliphatic heterocycles. The molecule has 1 heterocycles. The Bertz CT molecular complexity index is 796. The Kier molecular flexibility index (Phi) is 5.18. The van der Waals surface area contributed by atoms with E-state index >= 15 is 0 Å². The van der Waals surface area contributed by atoms with E-state index in [0.717, 1.165) is 10.4 Å². The number of carbonyl (C=O) groups is 1. The second-order valence-electron chi connectivity index (χ2n) is 5.31. The maximum absolute atomic E-state index is 11.5. The molecule has 0 amide bonds. The van der Waals surface area contributed by atoms with Crippen molar-refractivity contribution in [3.8, 4) is 11.5 Å². The van der Waals surface area contributed by atoms with Crippen LogP contribution in [0.2, 0.25) is 5.02 Å². The van der Waals surface area contributed by atoms with E-state index < -0.39 is 11.9 Å². The smallest absolute Gasteiger partial charge is 0.312 e. The van der Waals surface area contributed by atoms with Gasteiger partial charge in [0.15, 0.2) is 0 Å². The SMILES string of the molecule is O=C(O)C(Cc1ccc(Oc2ccc(Cl)cc2)cc1)c1cccs1. The van der Waals surface area contributed by atoms with Crippen molar-refractivity contribution in [3.63, 3.8) is 0 Å². The lowest BCUT2D eigenvalue weighted by atomic mass is 9.98. The summed E-state index contributed by atoms with van der Waals surface area (Å²) in [6.45, 7) is 0. The van der Waals surface area contributed by atoms with E-state index in [-0.39, 0.29) is 0 Å². The summed E-state index contributed by atoms with van der Waals surface area (Å²) < 4.78 is 5.74. The predicted octanol–water partition coefficient (Wildman–Crippen LogP) is 5.60. The lowest BCUT2D eigenvalue weighted by Crippen LogP contribution is -2.13. The molecule has 0 aliphatic carbocycles. The van der Waals surface area contributed by atoms with Crippen LogP contribution in [0.4, 0.5) is 0 Å². The van der Waals surface area contributed by atoms with Crippen LogP contribution in [-0.4, -0.2) is 11.1 Å². The standard InChI is InChI=1S/C19H15ClO3S/c20-14-5-9-16(10-6-14)23-15-7-3-13(4-8-15)12-17(19(21)22)18-2-1-11-24-18/h1-11,17H,12H2,(H,21,22). The number of benzene rings is 2. The van der Waals surface area contributed by atoms with Crippen molar-refractivity contribution in [3.05, 3.63) is 81.5 Å². The molecule has 0 saturated heterocycles. The number of thiophene rings is 1. The number of rotatable bonds is 6. The zero-order chi connectivity index (χ0) is 16.9. The van der Waals surface area contributed by atoms with Crippen molar-refractivity contribution >= 4 is 28.9 Å². The molecule has 122 valence electrons. The molecular formula is C19H15ClO3S. The average molecular weight is 359 g/mol. The van der Waals surface area contributed by atoms with Crippen molar-refractivity contribution in [1.82, 2.24) is 0 Å². The quantitative estimate of drug-likeness (QED) is 0.623. The maximum atomic E-state index is 11.5. The summed E-state index contributed by atoms with van der Waals surface area (Å²) >= 11 is 7.32. The minimum absolute atomic E-state index is 0.455. The highest BCUT2D eigenvalue weighted by Gasteiger charge is 2.21. The van der Waals surface area contributed by atoms with Gasteiger partial charge < -0.3 is 9.84 Å². The summed E-state index contributed by atoms with van der Waals surface area (Å²) in [6, 6.07) is 18.4. The fraction of sp³-hybridized carbons (Fsp3) is 0.105. The van der Waals surface area contributed by atoms with E-state index in [4.69, 9.17) is 16.3 Å². The first-order valence-corrected chi connectivity index (χ1v) is 8.66. The number of hydrogen-bond acceptors (Lipinski definition) is 3. The van der Waals surface area contributed by atoms with Gasteiger partial charge in [-0.3, -0.25) is 4.79 Å². The molecule has 3 aromatic rings. The number of hydrogen-bond donors (Lipinski definition) is 1. The molecule has 0 bridgehead atoms. The summed E-state index contributed by atoms with van der Waals surface area (Å²) in [5.41, 5.74) is 0.958. The molecular weight excluding hydrogens is 344 g/mol. The molecule has 0 fully saturated rings. The topological polar surface area (TPSA) is 46.5 Å². The molecule has 2 aromatic carbocycles. The van der Waals surface area contributed by atoms with E-state index in [1.54, 1.807) is 24.3 Å². The Morgan fingerprint density at radius 1 is 1.04 bits per heavy atom. The molecule has 5 heteroatoms. The minimum Gasteiger partial charge on any atom is -0.481 e. The highest BCUT2D eigenvalue weighted by molar-refractivity contribution is 7.10. The average Bonchev–Trinajstić information content (AvgIpc) is 3.10. The van der Waals surface area contributed by atoms with Crippen LogP contribution in [-0.2, 0) is 11.2 Å². The first-order valence-electron chi connectivity index (χ1n) is 7.40. The molecule has 0 radical (unpaired) electrons. The van der Waals surface area contributed by atoms with Crippen molar-refractivity contribution in [2.45, 2.75) is 12.3 Å². The van der Waals surface area contributed by atoms with Gasteiger partial charge in [0.1, 0.15) is 11.5 Å². The van der Waals surface area contributed by atoms with Gasteiger partial charge >= 0.3 is 5.97 Å². The molecule has 1 unspecified atom stereocenters. The van der Waals surface area contributed by atoms with Crippen molar-refractivity contribution in [2.75, 3.05) is 0 Å². The lowest BCUT2D eigenvalue weighted by molar-refractivity contribution is -0.138. The summed E-state index contributed by atoms with van der Waals surface area (Å²) in [5, 5.41) is 12.0. The highest BCUT2D eigenvalue weighted by Crippen LogP contribution is 2.27. The van der Waals surface area contributed by atoms with E-state index in [9.17, 15) is 9.90 Å². The van der Waals surface area contributed by atoms with Gasteiger partial charge in [0.25, 0.3) is 0 Å².